The number of benzene rings is 1. The molecule has 110 valence electrons. The Morgan fingerprint density at radius 3 is 2.76 bits per heavy atom. The Hall–Kier alpha value is -2.14. The minimum absolute atomic E-state index is 0.0240. The minimum atomic E-state index is -0.964. The molecule has 1 atom stereocenters. The van der Waals surface area contributed by atoms with Crippen molar-refractivity contribution in [3.8, 4) is 0 Å². The quantitative estimate of drug-likeness (QED) is 0.862. The van der Waals surface area contributed by atoms with Gasteiger partial charge in [-0.05, 0) is 35.6 Å². The van der Waals surface area contributed by atoms with E-state index in [2.05, 4.69) is 5.32 Å². The van der Waals surface area contributed by atoms with Crippen molar-refractivity contribution in [2.45, 2.75) is 19.9 Å². The van der Waals surface area contributed by atoms with Crippen LogP contribution in [0.1, 0.15) is 27.7 Å². The Labute approximate surface area is 127 Å². The number of hydrogen-bond donors (Lipinski definition) is 2. The first-order valence-corrected chi connectivity index (χ1v) is 7.56. The van der Waals surface area contributed by atoms with Crippen LogP contribution in [0.15, 0.2) is 41.8 Å². The van der Waals surface area contributed by atoms with E-state index in [9.17, 15) is 9.59 Å². The van der Waals surface area contributed by atoms with E-state index in [0.29, 0.717) is 6.54 Å². The second kappa shape index (κ2) is 7.04. The van der Waals surface area contributed by atoms with E-state index >= 15 is 0 Å². The van der Waals surface area contributed by atoms with Crippen LogP contribution >= 0.6 is 11.3 Å². The molecule has 0 aliphatic carbocycles. The van der Waals surface area contributed by atoms with Gasteiger partial charge in [-0.1, -0.05) is 25.1 Å². The molecule has 0 spiro atoms. The van der Waals surface area contributed by atoms with Gasteiger partial charge in [-0.2, -0.15) is 0 Å². The molecule has 0 saturated heterocycles. The van der Waals surface area contributed by atoms with Crippen molar-refractivity contribution in [2.24, 2.45) is 5.92 Å². The molecule has 4 nitrogen and oxygen atoms in total. The summed E-state index contributed by atoms with van der Waals surface area (Å²) in [6.45, 7) is 2.23. The van der Waals surface area contributed by atoms with E-state index in [1.165, 1.54) is 10.9 Å². The first-order chi connectivity index (χ1) is 10.1. The smallest absolute Gasteiger partial charge is 0.335 e. The lowest BCUT2D eigenvalue weighted by Crippen LogP contribution is -2.29. The number of hydrogen-bond acceptors (Lipinski definition) is 3. The number of carbonyl (C=O) groups is 2. The molecule has 2 aromatic rings. The topological polar surface area (TPSA) is 66.4 Å². The van der Waals surface area contributed by atoms with Crippen molar-refractivity contribution >= 4 is 23.2 Å². The lowest BCUT2D eigenvalue weighted by Gasteiger charge is -2.11. The molecule has 5 heteroatoms. The summed E-state index contributed by atoms with van der Waals surface area (Å²) in [7, 11) is 0. The average molecular weight is 303 g/mol. The minimum Gasteiger partial charge on any atom is -0.478 e. The largest absolute Gasteiger partial charge is 0.478 e. The molecule has 0 aliphatic heterocycles. The predicted molar refractivity (Wildman–Crippen MR) is 82.4 cm³/mol. The summed E-state index contributed by atoms with van der Waals surface area (Å²) >= 11 is 1.64. The number of carboxylic acid groups (broad SMARTS) is 1. The van der Waals surface area contributed by atoms with E-state index in [4.69, 9.17) is 5.11 Å². The van der Waals surface area contributed by atoms with E-state index in [1.807, 2.05) is 24.4 Å². The fourth-order valence-electron chi connectivity index (χ4n) is 2.00. The highest BCUT2D eigenvalue weighted by molar-refractivity contribution is 7.09. The van der Waals surface area contributed by atoms with Crippen molar-refractivity contribution < 1.29 is 14.7 Å². The second-order valence-electron chi connectivity index (χ2n) is 4.91. The first-order valence-electron chi connectivity index (χ1n) is 6.68. The normalized spacial score (nSPS) is 11.9. The molecule has 1 aromatic heterocycles. The highest BCUT2D eigenvalue weighted by Crippen LogP contribution is 2.14. The number of nitrogens with one attached hydrogen (secondary N) is 1. The van der Waals surface area contributed by atoms with Gasteiger partial charge in [-0.3, -0.25) is 4.79 Å². The maximum Gasteiger partial charge on any atom is 0.335 e. The molecule has 2 N–H and O–H groups in total. The van der Waals surface area contributed by atoms with Crippen LogP contribution in [0.3, 0.4) is 0 Å². The van der Waals surface area contributed by atoms with Gasteiger partial charge >= 0.3 is 5.97 Å². The third-order valence-electron chi connectivity index (χ3n) is 3.18. The van der Waals surface area contributed by atoms with Crippen molar-refractivity contribution in [1.29, 1.82) is 0 Å². The van der Waals surface area contributed by atoms with Gasteiger partial charge < -0.3 is 10.4 Å². The summed E-state index contributed by atoms with van der Waals surface area (Å²) in [5.74, 6) is -1.09. The molecule has 0 fully saturated rings. The van der Waals surface area contributed by atoms with E-state index < -0.39 is 5.97 Å². The van der Waals surface area contributed by atoms with Crippen LogP contribution in [0.4, 0.5) is 0 Å². The van der Waals surface area contributed by atoms with Crippen LogP contribution in [0.5, 0.6) is 0 Å². The Morgan fingerprint density at radius 2 is 2.10 bits per heavy atom. The van der Waals surface area contributed by atoms with Crippen LogP contribution in [0, 0.1) is 5.92 Å². The fraction of sp³-hybridized carbons (Fsp3) is 0.250. The third kappa shape index (κ3) is 4.43. The maximum absolute atomic E-state index is 12.0. The van der Waals surface area contributed by atoms with Gasteiger partial charge in [0, 0.05) is 17.3 Å². The first kappa shape index (κ1) is 15.3. The Morgan fingerprint density at radius 1 is 1.29 bits per heavy atom. The lowest BCUT2D eigenvalue weighted by atomic mass is 10.1. The van der Waals surface area contributed by atoms with Gasteiger partial charge in [0.1, 0.15) is 0 Å². The molecule has 1 amide bonds. The molecule has 21 heavy (non-hydrogen) atoms. The monoisotopic (exact) mass is 303 g/mol. The lowest BCUT2D eigenvalue weighted by molar-refractivity contribution is -0.124. The molecule has 1 heterocycles. The van der Waals surface area contributed by atoms with Gasteiger partial charge in [0.25, 0.3) is 0 Å². The van der Waals surface area contributed by atoms with Gasteiger partial charge in [0.05, 0.1) is 5.56 Å². The summed E-state index contributed by atoms with van der Waals surface area (Å²) in [5.41, 5.74) is 1.01. The van der Waals surface area contributed by atoms with E-state index in [1.54, 1.807) is 29.5 Å². The number of rotatable bonds is 6. The zero-order valence-electron chi connectivity index (χ0n) is 11.7. The Kier molecular flexibility index (Phi) is 5.11. The summed E-state index contributed by atoms with van der Waals surface area (Å²) in [6.07, 6.45) is 0.721. The number of aromatic carboxylic acids is 1. The van der Waals surface area contributed by atoms with Crippen LogP contribution in [-0.2, 0) is 17.8 Å². The Balaban J connectivity index is 1.88. The predicted octanol–water partition coefficient (Wildman–Crippen LogP) is 2.94. The summed E-state index contributed by atoms with van der Waals surface area (Å²) in [6, 6.07) is 10.6. The molecule has 0 bridgehead atoms. The van der Waals surface area contributed by atoms with Gasteiger partial charge in [-0.25, -0.2) is 4.79 Å². The SMILES string of the molecule is C[C@H](Cc1cccs1)C(=O)NCc1cccc(C(=O)O)c1. The zero-order valence-corrected chi connectivity index (χ0v) is 12.5. The molecule has 0 unspecified atom stereocenters. The second-order valence-corrected chi connectivity index (χ2v) is 5.94. The standard InChI is InChI=1S/C16H17NO3S/c1-11(8-14-6-3-7-21-14)15(18)17-10-12-4-2-5-13(9-12)16(19)20/h2-7,9,11H,8,10H2,1H3,(H,17,18)(H,19,20)/t11-/m1/s1. The maximum atomic E-state index is 12.0. The average Bonchev–Trinajstić information content (AvgIpc) is 2.97. The van der Waals surface area contributed by atoms with Crippen molar-refractivity contribution in [3.63, 3.8) is 0 Å². The molecular weight excluding hydrogens is 286 g/mol. The molecule has 0 saturated carbocycles. The van der Waals surface area contributed by atoms with Crippen molar-refractivity contribution in [2.75, 3.05) is 0 Å². The van der Waals surface area contributed by atoms with E-state index in [0.717, 1.165) is 12.0 Å². The number of thiophene rings is 1. The molecule has 1 aromatic carbocycles. The Bertz CT molecular complexity index is 622. The van der Waals surface area contributed by atoms with Crippen LogP contribution in [-0.4, -0.2) is 17.0 Å². The number of carbonyl (C=O) groups excluding carboxylic acids is 1. The highest BCUT2D eigenvalue weighted by atomic mass is 32.1. The number of amides is 1. The highest BCUT2D eigenvalue weighted by Gasteiger charge is 2.14. The summed E-state index contributed by atoms with van der Waals surface area (Å²) in [4.78, 5) is 24.1. The van der Waals surface area contributed by atoms with Crippen molar-refractivity contribution in [1.82, 2.24) is 5.32 Å². The summed E-state index contributed by atoms with van der Waals surface area (Å²) in [5, 5.41) is 13.8. The van der Waals surface area contributed by atoms with E-state index in [-0.39, 0.29) is 17.4 Å². The molecule has 0 radical (unpaired) electrons. The van der Waals surface area contributed by atoms with Gasteiger partial charge in [0.2, 0.25) is 5.91 Å². The van der Waals surface area contributed by atoms with Crippen LogP contribution in [0.25, 0.3) is 0 Å². The third-order valence-corrected chi connectivity index (χ3v) is 4.07. The van der Waals surface area contributed by atoms with Crippen LogP contribution in [0.2, 0.25) is 0 Å². The molecular formula is C16H17NO3S. The van der Waals surface area contributed by atoms with Gasteiger partial charge in [0.15, 0.2) is 0 Å². The number of carboxylic acids is 1. The summed E-state index contributed by atoms with van der Waals surface area (Å²) < 4.78 is 0. The zero-order chi connectivity index (χ0) is 15.2. The van der Waals surface area contributed by atoms with Crippen LogP contribution < -0.4 is 5.32 Å². The molecule has 0 aliphatic rings. The van der Waals surface area contributed by atoms with Gasteiger partial charge in [-0.15, -0.1) is 11.3 Å². The van der Waals surface area contributed by atoms with Crippen molar-refractivity contribution in [3.05, 3.63) is 57.8 Å². The molecule has 2 rings (SSSR count). The fourth-order valence-corrected chi connectivity index (χ4v) is 2.84.